The third-order valence-corrected chi connectivity index (χ3v) is 3.49. The second kappa shape index (κ2) is 5.09. The maximum absolute atomic E-state index is 11.2. The molecule has 0 spiro atoms. The normalized spacial score (nSPS) is 11.4. The highest BCUT2D eigenvalue weighted by Gasteiger charge is 2.27. The molecule has 0 aliphatic heterocycles. The van der Waals surface area contributed by atoms with Crippen molar-refractivity contribution in [1.82, 2.24) is 0 Å². The van der Waals surface area contributed by atoms with E-state index < -0.39 is 5.41 Å². The van der Waals surface area contributed by atoms with E-state index in [-0.39, 0.29) is 5.24 Å². The standard InChI is InChI=1S/C14H19ClO2/c1-9-6-7-10(2)12(11(9)3)17-8-14(4,5)13(15)16/h6-7H,8H2,1-5H3. The summed E-state index contributed by atoms with van der Waals surface area (Å²) < 4.78 is 5.77. The molecular formula is C14H19ClO2. The van der Waals surface area contributed by atoms with Crippen LogP contribution in [0.15, 0.2) is 12.1 Å². The van der Waals surface area contributed by atoms with Gasteiger partial charge in [-0.05, 0) is 62.9 Å². The first-order chi connectivity index (χ1) is 7.75. The van der Waals surface area contributed by atoms with Crippen LogP contribution in [-0.4, -0.2) is 11.8 Å². The Labute approximate surface area is 108 Å². The van der Waals surface area contributed by atoms with Crippen LogP contribution in [0.4, 0.5) is 0 Å². The maximum Gasteiger partial charge on any atom is 0.230 e. The molecule has 0 fully saturated rings. The van der Waals surface area contributed by atoms with Crippen LogP contribution in [0.5, 0.6) is 5.75 Å². The van der Waals surface area contributed by atoms with Gasteiger partial charge in [-0.3, -0.25) is 4.79 Å². The van der Waals surface area contributed by atoms with Crippen LogP contribution in [-0.2, 0) is 4.79 Å². The van der Waals surface area contributed by atoms with Crippen molar-refractivity contribution in [1.29, 1.82) is 0 Å². The van der Waals surface area contributed by atoms with Gasteiger partial charge in [0.05, 0.1) is 5.41 Å². The molecule has 1 aromatic rings. The summed E-state index contributed by atoms with van der Waals surface area (Å²) in [5, 5.41) is -0.375. The van der Waals surface area contributed by atoms with Crippen molar-refractivity contribution in [3.63, 3.8) is 0 Å². The van der Waals surface area contributed by atoms with Crippen molar-refractivity contribution in [2.45, 2.75) is 34.6 Å². The molecule has 0 N–H and O–H groups in total. The van der Waals surface area contributed by atoms with Crippen molar-refractivity contribution in [3.05, 3.63) is 28.8 Å². The van der Waals surface area contributed by atoms with Gasteiger partial charge < -0.3 is 4.74 Å². The van der Waals surface area contributed by atoms with Crippen molar-refractivity contribution >= 4 is 16.8 Å². The molecule has 0 amide bonds. The van der Waals surface area contributed by atoms with Gasteiger partial charge in [0.25, 0.3) is 0 Å². The number of ether oxygens (including phenoxy) is 1. The molecular weight excluding hydrogens is 236 g/mol. The molecule has 3 heteroatoms. The van der Waals surface area contributed by atoms with E-state index in [1.165, 1.54) is 5.56 Å². The quantitative estimate of drug-likeness (QED) is 0.765. The zero-order valence-corrected chi connectivity index (χ0v) is 11.8. The molecule has 94 valence electrons. The van der Waals surface area contributed by atoms with Crippen molar-refractivity contribution in [2.75, 3.05) is 6.61 Å². The predicted molar refractivity (Wildman–Crippen MR) is 70.8 cm³/mol. The summed E-state index contributed by atoms with van der Waals surface area (Å²) in [6, 6.07) is 4.09. The van der Waals surface area contributed by atoms with Crippen molar-refractivity contribution < 1.29 is 9.53 Å². The zero-order valence-electron chi connectivity index (χ0n) is 11.1. The van der Waals surface area contributed by atoms with E-state index in [1.54, 1.807) is 13.8 Å². The Hall–Kier alpha value is -1.02. The monoisotopic (exact) mass is 254 g/mol. The van der Waals surface area contributed by atoms with E-state index in [2.05, 4.69) is 6.07 Å². The Bertz CT molecular complexity index is 436. The Morgan fingerprint density at radius 1 is 1.24 bits per heavy atom. The fourth-order valence-electron chi connectivity index (χ4n) is 1.46. The van der Waals surface area contributed by atoms with E-state index in [0.717, 1.165) is 16.9 Å². The van der Waals surface area contributed by atoms with Gasteiger partial charge in [0.15, 0.2) is 0 Å². The SMILES string of the molecule is Cc1ccc(C)c(OCC(C)(C)C(=O)Cl)c1C. The van der Waals surface area contributed by atoms with Gasteiger partial charge in [0, 0.05) is 0 Å². The molecule has 0 aliphatic carbocycles. The average Bonchev–Trinajstić information content (AvgIpc) is 2.23. The number of hydrogen-bond donors (Lipinski definition) is 0. The lowest BCUT2D eigenvalue weighted by Gasteiger charge is -2.22. The lowest BCUT2D eigenvalue weighted by atomic mass is 9.97. The molecule has 0 atom stereocenters. The Morgan fingerprint density at radius 3 is 2.29 bits per heavy atom. The van der Waals surface area contributed by atoms with E-state index in [9.17, 15) is 4.79 Å². The van der Waals surface area contributed by atoms with Gasteiger partial charge in [-0.2, -0.15) is 0 Å². The molecule has 0 aliphatic rings. The van der Waals surface area contributed by atoms with E-state index in [4.69, 9.17) is 16.3 Å². The Kier molecular flexibility index (Phi) is 4.21. The number of carbonyl (C=O) groups is 1. The lowest BCUT2D eigenvalue weighted by Crippen LogP contribution is -2.28. The topological polar surface area (TPSA) is 26.3 Å². The number of carbonyl (C=O) groups excluding carboxylic acids is 1. The van der Waals surface area contributed by atoms with Gasteiger partial charge >= 0.3 is 0 Å². The third-order valence-electron chi connectivity index (χ3n) is 2.98. The van der Waals surface area contributed by atoms with Crippen LogP contribution >= 0.6 is 11.6 Å². The third kappa shape index (κ3) is 3.22. The highest BCUT2D eigenvalue weighted by atomic mass is 35.5. The predicted octanol–water partition coefficient (Wildman–Crippen LogP) is 3.78. The summed E-state index contributed by atoms with van der Waals surface area (Å²) in [7, 11) is 0. The molecule has 1 aromatic carbocycles. The van der Waals surface area contributed by atoms with Crippen molar-refractivity contribution in [3.8, 4) is 5.75 Å². The minimum atomic E-state index is -0.663. The van der Waals surface area contributed by atoms with Crippen LogP contribution in [0.25, 0.3) is 0 Å². The van der Waals surface area contributed by atoms with E-state index in [1.807, 2.05) is 26.8 Å². The van der Waals surface area contributed by atoms with Gasteiger partial charge in [-0.15, -0.1) is 0 Å². The summed E-state index contributed by atoms with van der Waals surface area (Å²) in [6.07, 6.45) is 0. The van der Waals surface area contributed by atoms with Crippen LogP contribution in [0.1, 0.15) is 30.5 Å². The van der Waals surface area contributed by atoms with Crippen LogP contribution < -0.4 is 4.74 Å². The van der Waals surface area contributed by atoms with E-state index in [0.29, 0.717) is 6.61 Å². The molecule has 17 heavy (non-hydrogen) atoms. The van der Waals surface area contributed by atoms with Crippen LogP contribution in [0.2, 0.25) is 0 Å². The molecule has 0 heterocycles. The first kappa shape index (κ1) is 14.0. The molecule has 0 radical (unpaired) electrons. The summed E-state index contributed by atoms with van der Waals surface area (Å²) in [5.41, 5.74) is 2.71. The first-order valence-electron chi connectivity index (χ1n) is 5.65. The van der Waals surface area contributed by atoms with Crippen molar-refractivity contribution in [2.24, 2.45) is 5.41 Å². The summed E-state index contributed by atoms with van der Waals surface area (Å²) in [6.45, 7) is 9.91. The molecule has 0 aromatic heterocycles. The average molecular weight is 255 g/mol. The molecule has 1 rings (SSSR count). The second-order valence-corrected chi connectivity index (χ2v) is 5.44. The lowest BCUT2D eigenvalue weighted by molar-refractivity contribution is -0.120. The Morgan fingerprint density at radius 2 is 1.76 bits per heavy atom. The van der Waals surface area contributed by atoms with Gasteiger partial charge in [0.1, 0.15) is 12.4 Å². The second-order valence-electron chi connectivity index (χ2n) is 5.10. The highest BCUT2D eigenvalue weighted by Crippen LogP contribution is 2.28. The molecule has 0 bridgehead atoms. The highest BCUT2D eigenvalue weighted by molar-refractivity contribution is 6.64. The number of benzene rings is 1. The van der Waals surface area contributed by atoms with E-state index >= 15 is 0 Å². The molecule has 2 nitrogen and oxygen atoms in total. The largest absolute Gasteiger partial charge is 0.492 e. The number of aryl methyl sites for hydroxylation is 2. The van der Waals surface area contributed by atoms with Gasteiger partial charge in [0.2, 0.25) is 5.24 Å². The number of rotatable bonds is 4. The number of hydrogen-bond acceptors (Lipinski definition) is 2. The Balaban J connectivity index is 2.90. The smallest absolute Gasteiger partial charge is 0.230 e. The van der Waals surface area contributed by atoms with Crippen LogP contribution in [0, 0.1) is 26.2 Å². The molecule has 0 unspecified atom stereocenters. The molecule has 0 saturated carbocycles. The molecule has 0 saturated heterocycles. The minimum absolute atomic E-state index is 0.292. The summed E-state index contributed by atoms with van der Waals surface area (Å²) in [4.78, 5) is 11.2. The maximum atomic E-state index is 11.2. The fourth-order valence-corrected chi connectivity index (χ4v) is 1.51. The number of halogens is 1. The minimum Gasteiger partial charge on any atom is -0.492 e. The fraction of sp³-hybridized carbons (Fsp3) is 0.500. The first-order valence-corrected chi connectivity index (χ1v) is 6.03. The zero-order chi connectivity index (χ0) is 13.2. The van der Waals surface area contributed by atoms with Gasteiger partial charge in [-0.1, -0.05) is 12.1 Å². The summed E-state index contributed by atoms with van der Waals surface area (Å²) >= 11 is 5.53. The van der Waals surface area contributed by atoms with Crippen LogP contribution in [0.3, 0.4) is 0 Å². The summed E-state index contributed by atoms with van der Waals surface area (Å²) in [5.74, 6) is 0.857. The van der Waals surface area contributed by atoms with Gasteiger partial charge in [-0.25, -0.2) is 0 Å².